The third-order valence-electron chi connectivity index (χ3n) is 3.44. The van der Waals surface area contributed by atoms with Gasteiger partial charge in [0.05, 0.1) is 0 Å². The van der Waals surface area contributed by atoms with E-state index >= 15 is 0 Å². The first-order chi connectivity index (χ1) is 7.68. The van der Waals surface area contributed by atoms with E-state index < -0.39 is 0 Å². The first-order valence-electron chi connectivity index (χ1n) is 5.85. The summed E-state index contributed by atoms with van der Waals surface area (Å²) in [6.45, 7) is 6.26. The van der Waals surface area contributed by atoms with Gasteiger partial charge in [-0.25, -0.2) is 4.39 Å². The molecule has 0 spiro atoms. The van der Waals surface area contributed by atoms with E-state index in [1.807, 2.05) is 12.1 Å². The number of halogens is 1. The highest BCUT2D eigenvalue weighted by Gasteiger charge is 2.21. The maximum Gasteiger partial charge on any atom is 0.127 e. The Morgan fingerprint density at radius 2 is 1.75 bits per heavy atom. The molecule has 2 nitrogen and oxygen atoms in total. The van der Waals surface area contributed by atoms with Gasteiger partial charge in [0.25, 0.3) is 0 Å². The molecule has 0 saturated carbocycles. The third kappa shape index (κ3) is 2.42. The molecule has 0 N–H and O–H groups in total. The molecule has 3 heteroatoms. The minimum Gasteiger partial charge on any atom is -0.304 e. The van der Waals surface area contributed by atoms with Crippen molar-refractivity contribution in [2.75, 3.05) is 33.2 Å². The summed E-state index contributed by atoms with van der Waals surface area (Å²) in [5, 5.41) is 0. The van der Waals surface area contributed by atoms with E-state index in [1.54, 1.807) is 12.1 Å². The lowest BCUT2D eigenvalue weighted by atomic mass is 10.1. The lowest BCUT2D eigenvalue weighted by Gasteiger charge is -2.36. The zero-order chi connectivity index (χ0) is 11.5. The van der Waals surface area contributed by atoms with Gasteiger partial charge in [0, 0.05) is 37.8 Å². The zero-order valence-electron chi connectivity index (χ0n) is 9.99. The summed E-state index contributed by atoms with van der Waals surface area (Å²) in [7, 11) is 2.13. The quantitative estimate of drug-likeness (QED) is 0.756. The molecular weight excluding hydrogens is 203 g/mol. The highest BCUT2D eigenvalue weighted by Crippen LogP contribution is 2.23. The number of hydrogen-bond acceptors (Lipinski definition) is 2. The van der Waals surface area contributed by atoms with Crippen LogP contribution < -0.4 is 0 Å². The molecule has 0 aromatic heterocycles. The molecule has 0 aliphatic carbocycles. The summed E-state index contributed by atoms with van der Waals surface area (Å²) in [4.78, 5) is 4.66. The monoisotopic (exact) mass is 222 g/mol. The Balaban J connectivity index is 2.07. The van der Waals surface area contributed by atoms with Crippen LogP contribution in [-0.4, -0.2) is 43.0 Å². The SMILES string of the molecule is CC(c1ccccc1F)N1CCN(C)CC1. The molecule has 0 bridgehead atoms. The van der Waals surface area contributed by atoms with Gasteiger partial charge >= 0.3 is 0 Å². The molecule has 16 heavy (non-hydrogen) atoms. The largest absolute Gasteiger partial charge is 0.304 e. The van der Waals surface area contributed by atoms with Crippen molar-refractivity contribution < 1.29 is 4.39 Å². The number of rotatable bonds is 2. The van der Waals surface area contributed by atoms with Crippen LogP contribution >= 0.6 is 0 Å². The number of likely N-dealkylation sites (N-methyl/N-ethyl adjacent to an activating group) is 1. The van der Waals surface area contributed by atoms with E-state index in [-0.39, 0.29) is 11.9 Å². The smallest absolute Gasteiger partial charge is 0.127 e. The predicted molar refractivity (Wildman–Crippen MR) is 63.9 cm³/mol. The third-order valence-corrected chi connectivity index (χ3v) is 3.44. The fourth-order valence-corrected chi connectivity index (χ4v) is 2.22. The van der Waals surface area contributed by atoms with Gasteiger partial charge in [-0.1, -0.05) is 18.2 Å². The van der Waals surface area contributed by atoms with Gasteiger partial charge in [0.2, 0.25) is 0 Å². The molecule has 1 aliphatic rings. The Kier molecular flexibility index (Phi) is 3.56. The van der Waals surface area contributed by atoms with E-state index in [1.165, 1.54) is 0 Å². The molecule has 0 amide bonds. The van der Waals surface area contributed by atoms with Crippen molar-refractivity contribution in [3.05, 3.63) is 35.6 Å². The standard InChI is InChI=1S/C13H19FN2/c1-11(12-5-3-4-6-13(12)14)16-9-7-15(2)8-10-16/h3-6,11H,7-10H2,1-2H3. The fraction of sp³-hybridized carbons (Fsp3) is 0.538. The summed E-state index contributed by atoms with van der Waals surface area (Å²) in [5.41, 5.74) is 0.812. The highest BCUT2D eigenvalue weighted by atomic mass is 19.1. The summed E-state index contributed by atoms with van der Waals surface area (Å²) in [6, 6.07) is 7.26. The van der Waals surface area contributed by atoms with Crippen molar-refractivity contribution in [2.45, 2.75) is 13.0 Å². The van der Waals surface area contributed by atoms with Crippen molar-refractivity contribution in [2.24, 2.45) is 0 Å². The van der Waals surface area contributed by atoms with E-state index in [9.17, 15) is 4.39 Å². The molecule has 1 aliphatic heterocycles. The summed E-state index contributed by atoms with van der Waals surface area (Å²) in [5.74, 6) is -0.0890. The molecular formula is C13H19FN2. The minimum absolute atomic E-state index is 0.0890. The van der Waals surface area contributed by atoms with Crippen LogP contribution in [0.1, 0.15) is 18.5 Å². The Labute approximate surface area is 96.7 Å². The van der Waals surface area contributed by atoms with Gasteiger partial charge in [0.15, 0.2) is 0 Å². The Morgan fingerprint density at radius 3 is 2.38 bits per heavy atom. The van der Waals surface area contributed by atoms with Crippen LogP contribution in [0.5, 0.6) is 0 Å². The summed E-state index contributed by atoms with van der Waals surface area (Å²) in [6.07, 6.45) is 0. The molecule has 1 aromatic rings. The van der Waals surface area contributed by atoms with E-state index in [4.69, 9.17) is 0 Å². The van der Waals surface area contributed by atoms with Crippen LogP contribution in [0.15, 0.2) is 24.3 Å². The summed E-state index contributed by atoms with van der Waals surface area (Å²) < 4.78 is 13.6. The molecule has 1 unspecified atom stereocenters. The molecule has 2 rings (SSSR count). The molecule has 1 heterocycles. The van der Waals surface area contributed by atoms with Gasteiger partial charge < -0.3 is 4.90 Å². The molecule has 1 atom stereocenters. The van der Waals surface area contributed by atoms with Crippen molar-refractivity contribution in [3.63, 3.8) is 0 Å². The lowest BCUT2D eigenvalue weighted by molar-refractivity contribution is 0.117. The Bertz CT molecular complexity index is 346. The van der Waals surface area contributed by atoms with Gasteiger partial charge in [-0.15, -0.1) is 0 Å². The average Bonchev–Trinajstić information content (AvgIpc) is 2.30. The maximum absolute atomic E-state index is 13.6. The van der Waals surface area contributed by atoms with Crippen molar-refractivity contribution >= 4 is 0 Å². The van der Waals surface area contributed by atoms with E-state index in [0.29, 0.717) is 0 Å². The number of nitrogens with zero attached hydrogens (tertiary/aromatic N) is 2. The minimum atomic E-state index is -0.0890. The number of benzene rings is 1. The average molecular weight is 222 g/mol. The lowest BCUT2D eigenvalue weighted by Crippen LogP contribution is -2.45. The molecule has 0 radical (unpaired) electrons. The fourth-order valence-electron chi connectivity index (χ4n) is 2.22. The van der Waals surface area contributed by atoms with Gasteiger partial charge in [-0.2, -0.15) is 0 Å². The van der Waals surface area contributed by atoms with Crippen LogP contribution in [0.25, 0.3) is 0 Å². The second kappa shape index (κ2) is 4.93. The van der Waals surface area contributed by atoms with Gasteiger partial charge in [-0.3, -0.25) is 4.90 Å². The Hall–Kier alpha value is -0.930. The van der Waals surface area contributed by atoms with Crippen LogP contribution in [0.2, 0.25) is 0 Å². The van der Waals surface area contributed by atoms with Crippen molar-refractivity contribution in [3.8, 4) is 0 Å². The van der Waals surface area contributed by atoms with Gasteiger partial charge in [0.1, 0.15) is 5.82 Å². The molecule has 1 saturated heterocycles. The van der Waals surface area contributed by atoms with Crippen LogP contribution in [0.4, 0.5) is 4.39 Å². The van der Waals surface area contributed by atoms with Crippen molar-refractivity contribution in [1.29, 1.82) is 0 Å². The maximum atomic E-state index is 13.6. The number of hydrogen-bond donors (Lipinski definition) is 0. The number of piperazine rings is 1. The zero-order valence-corrected chi connectivity index (χ0v) is 9.99. The molecule has 88 valence electrons. The summed E-state index contributed by atoms with van der Waals surface area (Å²) >= 11 is 0. The van der Waals surface area contributed by atoms with E-state index in [0.717, 1.165) is 31.7 Å². The van der Waals surface area contributed by atoms with Crippen LogP contribution in [-0.2, 0) is 0 Å². The van der Waals surface area contributed by atoms with Crippen LogP contribution in [0.3, 0.4) is 0 Å². The van der Waals surface area contributed by atoms with Crippen molar-refractivity contribution in [1.82, 2.24) is 9.80 Å². The molecule has 1 aromatic carbocycles. The molecule has 1 fully saturated rings. The van der Waals surface area contributed by atoms with Crippen LogP contribution in [0, 0.1) is 5.82 Å². The normalized spacial score (nSPS) is 20.9. The first kappa shape index (κ1) is 11.6. The van der Waals surface area contributed by atoms with Gasteiger partial charge in [-0.05, 0) is 20.0 Å². The topological polar surface area (TPSA) is 6.48 Å². The second-order valence-electron chi connectivity index (χ2n) is 4.54. The van der Waals surface area contributed by atoms with E-state index in [2.05, 4.69) is 23.8 Å². The Morgan fingerprint density at radius 1 is 1.12 bits per heavy atom. The second-order valence-corrected chi connectivity index (χ2v) is 4.54. The first-order valence-corrected chi connectivity index (χ1v) is 5.85. The highest BCUT2D eigenvalue weighted by molar-refractivity contribution is 5.20. The predicted octanol–water partition coefficient (Wildman–Crippen LogP) is 2.13.